The number of benzene rings is 1. The van der Waals surface area contributed by atoms with Crippen LogP contribution in [0.3, 0.4) is 0 Å². The maximum Gasteiger partial charge on any atom is 0.411 e. The number of halogens is 3. The molecule has 122 valence electrons. The van der Waals surface area contributed by atoms with Crippen LogP contribution in [-0.2, 0) is 27.5 Å². The molecular weight excluding hydrogens is 303 g/mol. The molecule has 0 radical (unpaired) electrons. The van der Waals surface area contributed by atoms with Crippen molar-refractivity contribution in [1.29, 1.82) is 0 Å². The highest BCUT2D eigenvalue weighted by Gasteiger charge is 2.27. The molecule has 2 N–H and O–H groups in total. The van der Waals surface area contributed by atoms with Crippen LogP contribution in [0.5, 0.6) is 0 Å². The van der Waals surface area contributed by atoms with Gasteiger partial charge in [0.15, 0.2) is 0 Å². The molecule has 22 heavy (non-hydrogen) atoms. The van der Waals surface area contributed by atoms with Crippen LogP contribution in [0, 0.1) is 0 Å². The summed E-state index contributed by atoms with van der Waals surface area (Å²) < 4.78 is 40.3. The molecule has 1 rings (SSSR count). The Morgan fingerprint density at radius 2 is 1.68 bits per heavy atom. The van der Waals surface area contributed by atoms with Crippen LogP contribution in [0.4, 0.5) is 13.2 Å². The minimum Gasteiger partial charge on any atom is -0.481 e. The quantitative estimate of drug-likeness (QED) is 0.770. The van der Waals surface area contributed by atoms with Gasteiger partial charge in [0.25, 0.3) is 0 Å². The lowest BCUT2D eigenvalue weighted by molar-refractivity contribution is -0.176. The van der Waals surface area contributed by atoms with E-state index in [4.69, 9.17) is 5.11 Å². The molecule has 0 atom stereocenters. The summed E-state index contributed by atoms with van der Waals surface area (Å²) in [5.41, 5.74) is 1.34. The summed E-state index contributed by atoms with van der Waals surface area (Å²) in [5, 5.41) is 11.0. The van der Waals surface area contributed by atoms with Crippen molar-refractivity contribution in [3.05, 3.63) is 35.4 Å². The Bertz CT molecular complexity index is 500. The van der Waals surface area contributed by atoms with E-state index in [0.717, 1.165) is 5.56 Å². The second-order valence-electron chi connectivity index (χ2n) is 4.59. The molecule has 0 saturated heterocycles. The van der Waals surface area contributed by atoms with Crippen LogP contribution in [0.25, 0.3) is 0 Å². The Morgan fingerprint density at radius 3 is 2.23 bits per heavy atom. The van der Waals surface area contributed by atoms with Gasteiger partial charge in [-0.05, 0) is 11.1 Å². The third-order valence-corrected chi connectivity index (χ3v) is 2.61. The molecule has 0 spiro atoms. The fourth-order valence-corrected chi connectivity index (χ4v) is 1.55. The molecule has 0 unspecified atom stereocenters. The highest BCUT2D eigenvalue weighted by molar-refractivity contribution is 5.80. The fourth-order valence-electron chi connectivity index (χ4n) is 1.55. The van der Waals surface area contributed by atoms with Crippen molar-refractivity contribution in [3.63, 3.8) is 0 Å². The van der Waals surface area contributed by atoms with Crippen molar-refractivity contribution in [3.8, 4) is 0 Å². The van der Waals surface area contributed by atoms with Crippen LogP contribution in [0.1, 0.15) is 24.0 Å². The number of carboxylic acids is 1. The summed E-state index contributed by atoms with van der Waals surface area (Å²) in [6.45, 7) is -1.22. The Hall–Kier alpha value is -2.09. The Morgan fingerprint density at radius 1 is 1.09 bits per heavy atom. The summed E-state index contributed by atoms with van der Waals surface area (Å²) in [7, 11) is 0. The minimum atomic E-state index is -4.35. The molecule has 0 fully saturated rings. The molecular formula is C14H16F3NO4. The summed E-state index contributed by atoms with van der Waals surface area (Å²) in [6, 6.07) is 6.53. The maximum absolute atomic E-state index is 11.9. The van der Waals surface area contributed by atoms with Gasteiger partial charge in [-0.2, -0.15) is 13.2 Å². The van der Waals surface area contributed by atoms with Gasteiger partial charge in [0.05, 0.1) is 13.0 Å². The van der Waals surface area contributed by atoms with E-state index in [1.807, 2.05) is 0 Å². The van der Waals surface area contributed by atoms with Crippen LogP contribution in [0.2, 0.25) is 0 Å². The first-order chi connectivity index (χ1) is 10.3. The lowest BCUT2D eigenvalue weighted by Gasteiger charge is -2.08. The Balaban J connectivity index is 2.32. The number of ether oxygens (including phenoxy) is 1. The topological polar surface area (TPSA) is 75.6 Å². The van der Waals surface area contributed by atoms with Gasteiger partial charge in [0, 0.05) is 13.0 Å². The molecule has 0 aliphatic carbocycles. The van der Waals surface area contributed by atoms with E-state index in [1.165, 1.54) is 0 Å². The average molecular weight is 319 g/mol. The van der Waals surface area contributed by atoms with Crippen molar-refractivity contribution in [2.45, 2.75) is 32.2 Å². The van der Waals surface area contributed by atoms with E-state index < -0.39 is 18.8 Å². The number of carboxylic acid groups (broad SMARTS) is 1. The molecule has 0 heterocycles. The SMILES string of the molecule is O=C(O)CCC(=O)NCc1ccc(COCC(F)(F)F)cc1. The summed E-state index contributed by atoms with van der Waals surface area (Å²) >= 11 is 0. The first-order valence-electron chi connectivity index (χ1n) is 6.47. The van der Waals surface area contributed by atoms with Gasteiger partial charge >= 0.3 is 12.1 Å². The first-order valence-corrected chi connectivity index (χ1v) is 6.47. The first kappa shape index (κ1) is 18.0. The van der Waals surface area contributed by atoms with E-state index in [9.17, 15) is 22.8 Å². The number of rotatable bonds is 8. The van der Waals surface area contributed by atoms with Gasteiger partial charge in [0.1, 0.15) is 6.61 Å². The van der Waals surface area contributed by atoms with Crippen molar-refractivity contribution >= 4 is 11.9 Å². The van der Waals surface area contributed by atoms with Gasteiger partial charge in [-0.3, -0.25) is 9.59 Å². The molecule has 0 aromatic heterocycles. The third kappa shape index (κ3) is 8.25. The third-order valence-electron chi connectivity index (χ3n) is 2.61. The van der Waals surface area contributed by atoms with Crippen molar-refractivity contribution < 1.29 is 32.6 Å². The molecule has 1 aromatic rings. The molecule has 0 aliphatic rings. The second kappa shape index (κ2) is 8.38. The smallest absolute Gasteiger partial charge is 0.411 e. The van der Waals surface area contributed by atoms with Gasteiger partial charge in [-0.15, -0.1) is 0 Å². The van der Waals surface area contributed by atoms with E-state index in [-0.39, 0.29) is 31.9 Å². The lowest BCUT2D eigenvalue weighted by atomic mass is 10.1. The zero-order chi connectivity index (χ0) is 16.6. The van der Waals surface area contributed by atoms with Crippen molar-refractivity contribution in [1.82, 2.24) is 5.32 Å². The normalized spacial score (nSPS) is 11.2. The largest absolute Gasteiger partial charge is 0.481 e. The molecule has 5 nitrogen and oxygen atoms in total. The monoisotopic (exact) mass is 319 g/mol. The Kier molecular flexibility index (Phi) is 6.84. The van der Waals surface area contributed by atoms with Crippen LogP contribution in [0.15, 0.2) is 24.3 Å². The van der Waals surface area contributed by atoms with Gasteiger partial charge in [-0.1, -0.05) is 24.3 Å². The molecule has 1 amide bonds. The standard InChI is InChI=1S/C14H16F3NO4/c15-14(16,17)9-22-8-11-3-1-10(2-4-11)7-18-12(19)5-6-13(20)21/h1-4H,5-9H2,(H,18,19)(H,20,21). The summed E-state index contributed by atoms with van der Waals surface area (Å²) in [5.74, 6) is -1.42. The molecule has 0 bridgehead atoms. The minimum absolute atomic E-state index is 0.0985. The number of hydrogen-bond donors (Lipinski definition) is 2. The Labute approximate surface area is 125 Å². The van der Waals surface area contributed by atoms with E-state index in [1.54, 1.807) is 24.3 Å². The highest BCUT2D eigenvalue weighted by atomic mass is 19.4. The van der Waals surface area contributed by atoms with Crippen molar-refractivity contribution in [2.24, 2.45) is 0 Å². The van der Waals surface area contributed by atoms with E-state index in [2.05, 4.69) is 10.1 Å². The van der Waals surface area contributed by atoms with Crippen LogP contribution in [-0.4, -0.2) is 29.8 Å². The van der Waals surface area contributed by atoms with Gasteiger partial charge < -0.3 is 15.2 Å². The maximum atomic E-state index is 11.9. The van der Waals surface area contributed by atoms with E-state index in [0.29, 0.717) is 5.56 Å². The number of carbonyl (C=O) groups excluding carboxylic acids is 1. The van der Waals surface area contributed by atoms with Gasteiger partial charge in [0.2, 0.25) is 5.91 Å². The number of nitrogens with one attached hydrogen (secondary N) is 1. The number of hydrogen-bond acceptors (Lipinski definition) is 3. The average Bonchev–Trinajstić information content (AvgIpc) is 2.43. The number of alkyl halides is 3. The second-order valence-corrected chi connectivity index (χ2v) is 4.59. The van der Waals surface area contributed by atoms with Crippen molar-refractivity contribution in [2.75, 3.05) is 6.61 Å². The number of aliphatic carboxylic acids is 1. The van der Waals surface area contributed by atoms with Crippen LogP contribution >= 0.6 is 0 Å². The molecule has 8 heteroatoms. The zero-order valence-corrected chi connectivity index (χ0v) is 11.7. The number of amides is 1. The predicted molar refractivity (Wildman–Crippen MR) is 70.9 cm³/mol. The predicted octanol–water partition coefficient (Wildman–Crippen LogP) is 2.25. The van der Waals surface area contributed by atoms with Gasteiger partial charge in [-0.25, -0.2) is 0 Å². The number of carbonyl (C=O) groups is 2. The summed E-state index contributed by atoms with van der Waals surface area (Å²) in [6.07, 6.45) is -4.68. The molecule has 0 aliphatic heterocycles. The fraction of sp³-hybridized carbons (Fsp3) is 0.429. The van der Waals surface area contributed by atoms with Crippen LogP contribution < -0.4 is 5.32 Å². The zero-order valence-electron chi connectivity index (χ0n) is 11.7. The summed E-state index contributed by atoms with van der Waals surface area (Å²) in [4.78, 5) is 21.6. The molecule has 0 saturated carbocycles. The highest BCUT2D eigenvalue weighted by Crippen LogP contribution is 2.15. The lowest BCUT2D eigenvalue weighted by Crippen LogP contribution is -2.23. The molecule has 1 aromatic carbocycles. The van der Waals surface area contributed by atoms with E-state index >= 15 is 0 Å².